The van der Waals surface area contributed by atoms with Crippen molar-refractivity contribution in [3.63, 3.8) is 0 Å². The predicted octanol–water partition coefficient (Wildman–Crippen LogP) is 5.51. The molecule has 0 aromatic heterocycles. The fourth-order valence-electron chi connectivity index (χ4n) is 3.84. The minimum Gasteiger partial charge on any atom is -0.511 e. The van der Waals surface area contributed by atoms with Crippen molar-refractivity contribution in [2.24, 2.45) is 16.3 Å². The number of Topliss-reactive ketones (excluding diaryl/α,β-unsaturated/α-hetero) is 1. The smallest absolute Gasteiger partial charge is 0.321 e. The first-order valence-corrected chi connectivity index (χ1v) is 10.9. The van der Waals surface area contributed by atoms with Crippen LogP contribution in [0.15, 0.2) is 34.5 Å². The molecular weight excluding hydrogens is 425 g/mol. The molecule has 0 radical (unpaired) electrons. The van der Waals surface area contributed by atoms with E-state index in [2.05, 4.69) is 10.3 Å². The molecule has 2 amide bonds. The van der Waals surface area contributed by atoms with Gasteiger partial charge in [0.05, 0.1) is 15.6 Å². The van der Waals surface area contributed by atoms with Crippen molar-refractivity contribution in [3.05, 3.63) is 39.6 Å². The number of carbonyl (C=O) groups is 2. The topological polar surface area (TPSA) is 82.0 Å². The Labute approximate surface area is 186 Å². The number of nitrogens with one attached hydrogen (secondary N) is 1. The molecule has 0 atom stereocenters. The maximum Gasteiger partial charge on any atom is 0.321 e. The Hall–Kier alpha value is -2.05. The first-order chi connectivity index (χ1) is 14.1. The molecule has 0 bridgehead atoms. The summed E-state index contributed by atoms with van der Waals surface area (Å²) >= 11 is 11.9. The van der Waals surface area contributed by atoms with Crippen molar-refractivity contribution in [1.29, 1.82) is 0 Å². The summed E-state index contributed by atoms with van der Waals surface area (Å²) in [6.45, 7) is 5.79. The molecule has 1 aliphatic carbocycles. The van der Waals surface area contributed by atoms with Crippen molar-refractivity contribution in [3.8, 4) is 0 Å². The van der Waals surface area contributed by atoms with E-state index in [9.17, 15) is 14.7 Å². The summed E-state index contributed by atoms with van der Waals surface area (Å²) < 4.78 is 0. The lowest BCUT2D eigenvalue weighted by molar-refractivity contribution is -0.117. The molecule has 2 N–H and O–H groups in total. The highest BCUT2D eigenvalue weighted by atomic mass is 35.5. The van der Waals surface area contributed by atoms with E-state index in [1.165, 1.54) is 6.21 Å². The Morgan fingerprint density at radius 2 is 1.97 bits per heavy atom. The summed E-state index contributed by atoms with van der Waals surface area (Å²) in [5, 5.41) is 13.8. The molecule has 8 heteroatoms. The number of nitrogens with zero attached hydrogens (tertiary/aromatic N) is 2. The van der Waals surface area contributed by atoms with Crippen molar-refractivity contribution in [2.75, 3.05) is 25.0 Å². The molecule has 1 aliphatic heterocycles. The fraction of sp³-hybridized carbons (Fsp3) is 0.500. The molecule has 6 nitrogen and oxygen atoms in total. The van der Waals surface area contributed by atoms with Gasteiger partial charge in [0, 0.05) is 44.4 Å². The zero-order valence-electron chi connectivity index (χ0n) is 17.3. The first-order valence-electron chi connectivity index (χ1n) is 10.1. The van der Waals surface area contributed by atoms with Gasteiger partial charge in [-0.25, -0.2) is 4.79 Å². The number of piperidine rings is 1. The van der Waals surface area contributed by atoms with Crippen LogP contribution in [0, 0.1) is 11.3 Å². The van der Waals surface area contributed by atoms with E-state index in [1.807, 2.05) is 13.8 Å². The van der Waals surface area contributed by atoms with Crippen molar-refractivity contribution >= 4 is 46.9 Å². The number of benzene rings is 1. The number of hydrogen-bond donors (Lipinski definition) is 2. The van der Waals surface area contributed by atoms with Crippen LogP contribution in [0.4, 0.5) is 10.5 Å². The molecule has 1 aromatic carbocycles. The summed E-state index contributed by atoms with van der Waals surface area (Å²) in [6.07, 6.45) is 4.10. The Kier molecular flexibility index (Phi) is 7.09. The lowest BCUT2D eigenvalue weighted by Crippen LogP contribution is -2.41. The molecule has 1 saturated heterocycles. The average Bonchev–Trinajstić information content (AvgIpc) is 2.66. The average molecular weight is 452 g/mol. The van der Waals surface area contributed by atoms with Gasteiger partial charge < -0.3 is 15.3 Å². The van der Waals surface area contributed by atoms with Gasteiger partial charge >= 0.3 is 6.03 Å². The van der Waals surface area contributed by atoms with Gasteiger partial charge in [-0.2, -0.15) is 0 Å². The summed E-state index contributed by atoms with van der Waals surface area (Å²) in [7, 11) is 0. The number of likely N-dealkylation sites (tertiary alicyclic amines) is 1. The number of allylic oxidation sites excluding steroid dienone is 2. The van der Waals surface area contributed by atoms with Gasteiger partial charge in [0.2, 0.25) is 0 Å². The largest absolute Gasteiger partial charge is 0.511 e. The monoisotopic (exact) mass is 451 g/mol. The van der Waals surface area contributed by atoms with Crippen LogP contribution in [-0.2, 0) is 4.79 Å². The third kappa shape index (κ3) is 5.76. The normalized spacial score (nSPS) is 20.1. The second kappa shape index (κ2) is 9.40. The van der Waals surface area contributed by atoms with Crippen LogP contribution in [0.2, 0.25) is 10.0 Å². The molecule has 0 saturated carbocycles. The lowest BCUT2D eigenvalue weighted by Gasteiger charge is -2.31. The first kappa shape index (κ1) is 22.6. The Balaban J connectivity index is 1.47. The highest BCUT2D eigenvalue weighted by Gasteiger charge is 2.32. The van der Waals surface area contributed by atoms with Crippen LogP contribution in [0.5, 0.6) is 0 Å². The summed E-state index contributed by atoms with van der Waals surface area (Å²) in [5.41, 5.74) is 0.741. The van der Waals surface area contributed by atoms with Gasteiger partial charge in [0.15, 0.2) is 5.78 Å². The van der Waals surface area contributed by atoms with Crippen LogP contribution in [0.1, 0.15) is 39.5 Å². The van der Waals surface area contributed by atoms with E-state index in [1.54, 1.807) is 23.1 Å². The number of aliphatic hydroxyl groups excluding tert-OH is 1. The zero-order valence-corrected chi connectivity index (χ0v) is 18.8. The maximum absolute atomic E-state index is 12.5. The molecule has 2 aliphatic rings. The molecule has 3 rings (SSSR count). The molecule has 0 unspecified atom stereocenters. The highest BCUT2D eigenvalue weighted by Crippen LogP contribution is 2.35. The Bertz CT molecular complexity index is 888. The molecule has 1 aromatic rings. The number of carbonyl (C=O) groups excluding carboxylic acids is 2. The predicted molar refractivity (Wildman–Crippen MR) is 121 cm³/mol. The van der Waals surface area contributed by atoms with E-state index >= 15 is 0 Å². The van der Waals surface area contributed by atoms with Crippen LogP contribution in [0.3, 0.4) is 0 Å². The van der Waals surface area contributed by atoms with Gasteiger partial charge in [-0.3, -0.25) is 9.79 Å². The number of amides is 2. The van der Waals surface area contributed by atoms with E-state index < -0.39 is 0 Å². The number of rotatable bonds is 4. The van der Waals surface area contributed by atoms with Crippen molar-refractivity contribution in [2.45, 2.75) is 39.5 Å². The van der Waals surface area contributed by atoms with Crippen molar-refractivity contribution < 1.29 is 14.7 Å². The van der Waals surface area contributed by atoms with E-state index in [0.29, 0.717) is 59.7 Å². The molecular formula is C22H27Cl2N3O3. The van der Waals surface area contributed by atoms with E-state index in [0.717, 1.165) is 12.8 Å². The van der Waals surface area contributed by atoms with Crippen LogP contribution >= 0.6 is 23.2 Å². The number of aliphatic hydroxyl groups is 1. The Morgan fingerprint density at radius 3 is 2.60 bits per heavy atom. The van der Waals surface area contributed by atoms with Crippen LogP contribution < -0.4 is 5.32 Å². The number of ketones is 1. The quantitative estimate of drug-likeness (QED) is 0.591. The molecule has 30 heavy (non-hydrogen) atoms. The van der Waals surface area contributed by atoms with Gasteiger partial charge in [-0.05, 0) is 42.4 Å². The third-order valence-electron chi connectivity index (χ3n) is 5.55. The number of aliphatic imine (C=N–C) groups is 1. The maximum atomic E-state index is 12.5. The minimum absolute atomic E-state index is 0.0544. The number of hydrogen-bond acceptors (Lipinski definition) is 4. The fourth-order valence-corrected chi connectivity index (χ4v) is 4.13. The molecule has 162 valence electrons. The summed E-state index contributed by atoms with van der Waals surface area (Å²) in [4.78, 5) is 30.9. The van der Waals surface area contributed by atoms with E-state index in [4.69, 9.17) is 23.2 Å². The second-order valence-electron chi connectivity index (χ2n) is 8.79. The lowest BCUT2D eigenvalue weighted by atomic mass is 9.77. The summed E-state index contributed by atoms with van der Waals surface area (Å²) in [6, 6.07) is 4.82. The molecule has 1 fully saturated rings. The van der Waals surface area contributed by atoms with Crippen molar-refractivity contribution in [1.82, 2.24) is 4.90 Å². The van der Waals surface area contributed by atoms with Gasteiger partial charge in [0.25, 0.3) is 0 Å². The van der Waals surface area contributed by atoms with Gasteiger partial charge in [-0.1, -0.05) is 37.0 Å². The Morgan fingerprint density at radius 1 is 1.27 bits per heavy atom. The summed E-state index contributed by atoms with van der Waals surface area (Å²) in [5.74, 6) is 0.420. The van der Waals surface area contributed by atoms with Gasteiger partial charge in [0.1, 0.15) is 5.76 Å². The number of urea groups is 1. The third-order valence-corrected chi connectivity index (χ3v) is 6.29. The molecule has 1 heterocycles. The van der Waals surface area contributed by atoms with Gasteiger partial charge in [-0.15, -0.1) is 0 Å². The number of halogens is 2. The number of anilines is 1. The second-order valence-corrected chi connectivity index (χ2v) is 9.60. The zero-order chi connectivity index (χ0) is 21.9. The van der Waals surface area contributed by atoms with Crippen LogP contribution in [-0.4, -0.2) is 47.7 Å². The van der Waals surface area contributed by atoms with E-state index in [-0.39, 0.29) is 23.0 Å². The SMILES string of the molecule is CC1(C)CC(=O)C(C=NCC2CCN(C(=O)Nc3ccc(Cl)c(Cl)c3)CC2)=C(O)C1. The molecule has 0 spiro atoms. The van der Waals surface area contributed by atoms with Crippen LogP contribution in [0.25, 0.3) is 0 Å². The standard InChI is InChI=1S/C22H27Cl2N3O3/c1-22(2)10-19(28)16(20(29)11-22)13-25-12-14-5-7-27(8-6-14)21(30)26-15-3-4-17(23)18(24)9-15/h3-4,9,13-14,28H,5-8,10-12H2,1-2H3,(H,26,30). The highest BCUT2D eigenvalue weighted by molar-refractivity contribution is 6.42. The minimum atomic E-state index is -0.205.